The van der Waals surface area contributed by atoms with E-state index in [9.17, 15) is 4.79 Å². The minimum atomic E-state index is -0.908. The highest BCUT2D eigenvalue weighted by Crippen LogP contribution is 2.05. The number of benzene rings is 1. The molecule has 0 aliphatic rings. The SMILES string of the molecule is O=C(O)CC#Cc1ccc(CCl)cc1. The van der Waals surface area contributed by atoms with E-state index in [1.807, 2.05) is 24.3 Å². The summed E-state index contributed by atoms with van der Waals surface area (Å²) in [4.78, 5) is 10.2. The van der Waals surface area contributed by atoms with Crippen molar-refractivity contribution >= 4 is 17.6 Å². The van der Waals surface area contributed by atoms with Crippen LogP contribution >= 0.6 is 11.6 Å². The van der Waals surface area contributed by atoms with Crippen LogP contribution in [0.15, 0.2) is 24.3 Å². The molecule has 72 valence electrons. The highest BCUT2D eigenvalue weighted by molar-refractivity contribution is 6.17. The summed E-state index contributed by atoms with van der Waals surface area (Å²) in [6, 6.07) is 7.40. The second-order valence-corrected chi connectivity index (χ2v) is 2.97. The van der Waals surface area contributed by atoms with Gasteiger partial charge in [-0.3, -0.25) is 4.79 Å². The second-order valence-electron chi connectivity index (χ2n) is 2.70. The van der Waals surface area contributed by atoms with Gasteiger partial charge in [0.25, 0.3) is 0 Å². The fourth-order valence-corrected chi connectivity index (χ4v) is 1.08. The van der Waals surface area contributed by atoms with Gasteiger partial charge in [-0.15, -0.1) is 11.6 Å². The van der Waals surface area contributed by atoms with Crippen LogP contribution in [0, 0.1) is 11.8 Å². The van der Waals surface area contributed by atoms with E-state index in [2.05, 4.69) is 11.8 Å². The molecule has 2 nitrogen and oxygen atoms in total. The normalized spacial score (nSPS) is 8.93. The van der Waals surface area contributed by atoms with Gasteiger partial charge in [-0.25, -0.2) is 0 Å². The van der Waals surface area contributed by atoms with Crippen LogP contribution < -0.4 is 0 Å². The number of carbonyl (C=O) groups is 1. The Morgan fingerprint density at radius 3 is 2.50 bits per heavy atom. The molecule has 1 rings (SSSR count). The molecule has 1 aromatic rings. The van der Waals surface area contributed by atoms with Gasteiger partial charge in [-0.2, -0.15) is 0 Å². The van der Waals surface area contributed by atoms with Crippen molar-refractivity contribution in [2.75, 3.05) is 0 Å². The van der Waals surface area contributed by atoms with Gasteiger partial charge in [-0.05, 0) is 17.7 Å². The topological polar surface area (TPSA) is 37.3 Å². The number of hydrogen-bond acceptors (Lipinski definition) is 1. The molecule has 0 amide bonds. The summed E-state index contributed by atoms with van der Waals surface area (Å²) in [5, 5.41) is 8.35. The van der Waals surface area contributed by atoms with E-state index < -0.39 is 5.97 Å². The van der Waals surface area contributed by atoms with Gasteiger partial charge in [0.15, 0.2) is 0 Å². The third-order valence-corrected chi connectivity index (χ3v) is 1.89. The molecule has 0 unspecified atom stereocenters. The van der Waals surface area contributed by atoms with Gasteiger partial charge in [-0.1, -0.05) is 24.0 Å². The van der Waals surface area contributed by atoms with Crippen LogP contribution in [0.4, 0.5) is 0 Å². The molecule has 0 aromatic heterocycles. The van der Waals surface area contributed by atoms with Crippen LogP contribution in [0.25, 0.3) is 0 Å². The number of alkyl halides is 1. The maximum absolute atomic E-state index is 10.2. The first kappa shape index (κ1) is 10.6. The highest BCUT2D eigenvalue weighted by Gasteiger charge is 1.91. The largest absolute Gasteiger partial charge is 0.481 e. The first-order chi connectivity index (χ1) is 6.72. The summed E-state index contributed by atoms with van der Waals surface area (Å²) in [6.45, 7) is 0. The minimum Gasteiger partial charge on any atom is -0.481 e. The molecule has 0 radical (unpaired) electrons. The van der Waals surface area contributed by atoms with Crippen LogP contribution in [0.1, 0.15) is 17.5 Å². The Balaban J connectivity index is 2.66. The average Bonchev–Trinajstić information content (AvgIpc) is 2.18. The Bertz CT molecular complexity index is 371. The van der Waals surface area contributed by atoms with Crippen molar-refractivity contribution in [3.05, 3.63) is 35.4 Å². The van der Waals surface area contributed by atoms with Crippen LogP contribution in [-0.4, -0.2) is 11.1 Å². The van der Waals surface area contributed by atoms with Crippen LogP contribution in [-0.2, 0) is 10.7 Å². The molecule has 3 heteroatoms. The van der Waals surface area contributed by atoms with Crippen LogP contribution in [0.3, 0.4) is 0 Å². The number of aliphatic carboxylic acids is 1. The predicted octanol–water partition coefficient (Wildman–Crippen LogP) is 2.25. The molecule has 0 atom stereocenters. The Labute approximate surface area is 87.5 Å². The van der Waals surface area contributed by atoms with Gasteiger partial charge >= 0.3 is 5.97 Å². The molecule has 0 saturated carbocycles. The Hall–Kier alpha value is -1.46. The lowest BCUT2D eigenvalue weighted by Crippen LogP contribution is -1.90. The second kappa shape index (κ2) is 5.31. The lowest BCUT2D eigenvalue weighted by Gasteiger charge is -1.93. The van der Waals surface area contributed by atoms with Gasteiger partial charge in [0, 0.05) is 11.4 Å². The average molecular weight is 209 g/mol. The van der Waals surface area contributed by atoms with Gasteiger partial charge in [0.05, 0.1) is 0 Å². The molecular weight excluding hydrogens is 200 g/mol. The van der Waals surface area contributed by atoms with E-state index in [1.165, 1.54) is 0 Å². The van der Waals surface area contributed by atoms with Crippen molar-refractivity contribution in [1.29, 1.82) is 0 Å². The Kier molecular flexibility index (Phi) is 4.03. The third-order valence-electron chi connectivity index (χ3n) is 1.58. The minimum absolute atomic E-state index is 0.128. The summed E-state index contributed by atoms with van der Waals surface area (Å²) in [5.74, 6) is 4.88. The molecule has 1 N–H and O–H groups in total. The molecule has 0 spiro atoms. The number of carboxylic acids is 1. The summed E-state index contributed by atoms with van der Waals surface area (Å²) in [5.41, 5.74) is 1.83. The van der Waals surface area contributed by atoms with Gasteiger partial charge in [0.2, 0.25) is 0 Å². The first-order valence-electron chi connectivity index (χ1n) is 4.08. The van der Waals surface area contributed by atoms with E-state index in [4.69, 9.17) is 16.7 Å². The Morgan fingerprint density at radius 2 is 2.00 bits per heavy atom. The molecule has 0 fully saturated rings. The Morgan fingerprint density at radius 1 is 1.36 bits per heavy atom. The molecule has 1 aromatic carbocycles. The van der Waals surface area contributed by atoms with E-state index >= 15 is 0 Å². The third kappa shape index (κ3) is 3.51. The number of rotatable bonds is 2. The van der Waals surface area contributed by atoms with E-state index in [0.29, 0.717) is 5.88 Å². The number of halogens is 1. The van der Waals surface area contributed by atoms with Crippen molar-refractivity contribution in [2.24, 2.45) is 0 Å². The molecule has 0 bridgehead atoms. The fourth-order valence-electron chi connectivity index (χ4n) is 0.899. The molecular formula is C11H9ClO2. The molecule has 0 heterocycles. The standard InChI is InChI=1S/C11H9ClO2/c12-8-10-6-4-9(5-7-10)2-1-3-11(13)14/h4-7H,3,8H2,(H,13,14). The van der Waals surface area contributed by atoms with Crippen molar-refractivity contribution < 1.29 is 9.90 Å². The first-order valence-corrected chi connectivity index (χ1v) is 4.61. The fraction of sp³-hybridized carbons (Fsp3) is 0.182. The number of hydrogen-bond donors (Lipinski definition) is 1. The maximum atomic E-state index is 10.2. The molecule has 14 heavy (non-hydrogen) atoms. The van der Waals surface area contributed by atoms with E-state index in [1.54, 1.807) is 0 Å². The van der Waals surface area contributed by atoms with Crippen LogP contribution in [0.5, 0.6) is 0 Å². The lowest BCUT2D eigenvalue weighted by molar-refractivity contribution is -0.135. The van der Waals surface area contributed by atoms with Crippen molar-refractivity contribution in [3.63, 3.8) is 0 Å². The summed E-state index contributed by atoms with van der Waals surface area (Å²) in [7, 11) is 0. The maximum Gasteiger partial charge on any atom is 0.315 e. The van der Waals surface area contributed by atoms with Crippen molar-refractivity contribution in [1.82, 2.24) is 0 Å². The summed E-state index contributed by atoms with van der Waals surface area (Å²) in [6.07, 6.45) is -0.128. The monoisotopic (exact) mass is 208 g/mol. The van der Waals surface area contributed by atoms with Crippen molar-refractivity contribution in [2.45, 2.75) is 12.3 Å². The summed E-state index contributed by atoms with van der Waals surface area (Å²) >= 11 is 5.61. The van der Waals surface area contributed by atoms with Gasteiger partial charge in [0.1, 0.15) is 6.42 Å². The molecule has 0 saturated heterocycles. The molecule has 0 aliphatic carbocycles. The predicted molar refractivity (Wildman–Crippen MR) is 55.1 cm³/mol. The number of carboxylic acid groups (broad SMARTS) is 1. The quantitative estimate of drug-likeness (QED) is 0.598. The van der Waals surface area contributed by atoms with E-state index in [0.717, 1.165) is 11.1 Å². The highest BCUT2D eigenvalue weighted by atomic mass is 35.5. The lowest BCUT2D eigenvalue weighted by atomic mass is 10.1. The zero-order valence-corrected chi connectivity index (χ0v) is 8.21. The van der Waals surface area contributed by atoms with Gasteiger partial charge < -0.3 is 5.11 Å². The zero-order chi connectivity index (χ0) is 10.4. The smallest absolute Gasteiger partial charge is 0.315 e. The van der Waals surface area contributed by atoms with Crippen molar-refractivity contribution in [3.8, 4) is 11.8 Å². The zero-order valence-electron chi connectivity index (χ0n) is 7.46. The van der Waals surface area contributed by atoms with Crippen LogP contribution in [0.2, 0.25) is 0 Å². The molecule has 0 aliphatic heterocycles. The summed E-state index contributed by atoms with van der Waals surface area (Å²) < 4.78 is 0. The van der Waals surface area contributed by atoms with E-state index in [-0.39, 0.29) is 6.42 Å².